The van der Waals surface area contributed by atoms with Crippen LogP contribution in [0.1, 0.15) is 44.7 Å². The minimum absolute atomic E-state index is 0.356. The first-order valence-corrected chi connectivity index (χ1v) is 6.39. The molecule has 0 radical (unpaired) electrons. The highest BCUT2D eigenvalue weighted by Gasteiger charge is 2.20. The number of hydrogen-bond donors (Lipinski definition) is 1. The van der Waals surface area contributed by atoms with Crippen LogP contribution in [0.4, 0.5) is 5.88 Å². The Hall–Kier alpha value is -1.84. The van der Waals surface area contributed by atoms with Crippen molar-refractivity contribution in [3.8, 4) is 11.1 Å². The van der Waals surface area contributed by atoms with Crippen molar-refractivity contribution < 1.29 is 4.52 Å². The van der Waals surface area contributed by atoms with Crippen molar-refractivity contribution in [3.63, 3.8) is 0 Å². The van der Waals surface area contributed by atoms with Gasteiger partial charge in [0, 0.05) is 18.3 Å². The van der Waals surface area contributed by atoms with E-state index in [2.05, 4.69) is 24.0 Å². The van der Waals surface area contributed by atoms with Gasteiger partial charge in [0.15, 0.2) is 0 Å². The zero-order chi connectivity index (χ0) is 13.0. The number of hydrogen-bond acceptors (Lipinski definition) is 4. The standard InChI is InChI=1S/C14H19N3O/c1-3-4-5-10(2)13-12(14(15)18-17-13)11-6-8-16-9-7-11/h6-10H,3-5,15H2,1-2H3. The Morgan fingerprint density at radius 2 is 2.06 bits per heavy atom. The maximum absolute atomic E-state index is 5.89. The maximum atomic E-state index is 5.89. The van der Waals surface area contributed by atoms with Gasteiger partial charge in [-0.3, -0.25) is 4.98 Å². The van der Waals surface area contributed by atoms with E-state index in [1.165, 1.54) is 12.8 Å². The summed E-state index contributed by atoms with van der Waals surface area (Å²) in [6.07, 6.45) is 6.97. The number of anilines is 1. The van der Waals surface area contributed by atoms with Crippen LogP contribution in [0.2, 0.25) is 0 Å². The van der Waals surface area contributed by atoms with Crippen LogP contribution in [0.25, 0.3) is 11.1 Å². The minimum Gasteiger partial charge on any atom is -0.367 e. The molecular weight excluding hydrogens is 226 g/mol. The number of nitrogens with two attached hydrogens (primary N) is 1. The lowest BCUT2D eigenvalue weighted by molar-refractivity contribution is 0.418. The zero-order valence-electron chi connectivity index (χ0n) is 10.9. The van der Waals surface area contributed by atoms with Crippen molar-refractivity contribution in [3.05, 3.63) is 30.2 Å². The van der Waals surface area contributed by atoms with Crippen LogP contribution in [0.15, 0.2) is 29.0 Å². The lowest BCUT2D eigenvalue weighted by Gasteiger charge is -2.09. The monoisotopic (exact) mass is 245 g/mol. The summed E-state index contributed by atoms with van der Waals surface area (Å²) in [6, 6.07) is 3.86. The summed E-state index contributed by atoms with van der Waals surface area (Å²) in [6.45, 7) is 4.35. The van der Waals surface area contributed by atoms with E-state index in [0.717, 1.165) is 23.2 Å². The molecule has 18 heavy (non-hydrogen) atoms. The summed E-state index contributed by atoms with van der Waals surface area (Å²) >= 11 is 0. The van der Waals surface area contributed by atoms with Crippen LogP contribution in [-0.2, 0) is 0 Å². The lowest BCUT2D eigenvalue weighted by Crippen LogP contribution is -1.97. The molecule has 1 atom stereocenters. The topological polar surface area (TPSA) is 64.9 Å². The molecule has 96 valence electrons. The van der Waals surface area contributed by atoms with Crippen molar-refractivity contribution in [2.24, 2.45) is 0 Å². The van der Waals surface area contributed by atoms with Gasteiger partial charge in [-0.25, -0.2) is 0 Å². The van der Waals surface area contributed by atoms with Gasteiger partial charge in [-0.1, -0.05) is 31.8 Å². The van der Waals surface area contributed by atoms with Crippen LogP contribution in [0.5, 0.6) is 0 Å². The lowest BCUT2D eigenvalue weighted by atomic mass is 9.95. The molecule has 2 heterocycles. The fourth-order valence-electron chi connectivity index (χ4n) is 2.11. The molecule has 0 aliphatic heterocycles. The van der Waals surface area contributed by atoms with E-state index in [9.17, 15) is 0 Å². The second-order valence-electron chi connectivity index (χ2n) is 4.59. The van der Waals surface area contributed by atoms with E-state index in [0.29, 0.717) is 11.8 Å². The zero-order valence-corrected chi connectivity index (χ0v) is 10.9. The highest BCUT2D eigenvalue weighted by Crippen LogP contribution is 2.35. The van der Waals surface area contributed by atoms with Crippen molar-refractivity contribution >= 4 is 5.88 Å². The molecule has 0 fully saturated rings. The Morgan fingerprint density at radius 3 is 2.72 bits per heavy atom. The van der Waals surface area contributed by atoms with E-state index in [4.69, 9.17) is 10.3 Å². The van der Waals surface area contributed by atoms with E-state index in [1.807, 2.05) is 12.1 Å². The quantitative estimate of drug-likeness (QED) is 0.873. The third-order valence-electron chi connectivity index (χ3n) is 3.17. The average Bonchev–Trinajstić information content (AvgIpc) is 2.79. The number of nitrogen functional groups attached to an aromatic ring is 1. The molecule has 2 N–H and O–H groups in total. The minimum atomic E-state index is 0.356. The summed E-state index contributed by atoms with van der Waals surface area (Å²) < 4.78 is 5.16. The van der Waals surface area contributed by atoms with Crippen LogP contribution in [0.3, 0.4) is 0 Å². The SMILES string of the molecule is CCCCC(C)c1noc(N)c1-c1ccncc1. The molecule has 2 aromatic rings. The maximum Gasteiger partial charge on any atom is 0.230 e. The fourth-order valence-corrected chi connectivity index (χ4v) is 2.11. The average molecular weight is 245 g/mol. The van der Waals surface area contributed by atoms with Crippen LogP contribution >= 0.6 is 0 Å². The Labute approximate surface area is 107 Å². The summed E-state index contributed by atoms with van der Waals surface area (Å²) in [4.78, 5) is 4.02. The van der Waals surface area contributed by atoms with E-state index < -0.39 is 0 Å². The first-order chi connectivity index (χ1) is 8.74. The Kier molecular flexibility index (Phi) is 3.97. The van der Waals surface area contributed by atoms with Crippen LogP contribution in [0, 0.1) is 0 Å². The molecular formula is C14H19N3O. The molecule has 0 aromatic carbocycles. The van der Waals surface area contributed by atoms with Gasteiger partial charge in [-0.15, -0.1) is 0 Å². The Bertz CT molecular complexity index is 493. The van der Waals surface area contributed by atoms with Gasteiger partial charge >= 0.3 is 0 Å². The van der Waals surface area contributed by atoms with Crippen molar-refractivity contribution in [1.82, 2.24) is 10.1 Å². The van der Waals surface area contributed by atoms with Gasteiger partial charge < -0.3 is 10.3 Å². The van der Waals surface area contributed by atoms with Gasteiger partial charge in [0.1, 0.15) is 0 Å². The molecule has 0 bridgehead atoms. The third kappa shape index (κ3) is 2.53. The Morgan fingerprint density at radius 1 is 1.33 bits per heavy atom. The van der Waals surface area contributed by atoms with Gasteiger partial charge in [0.05, 0.1) is 11.3 Å². The highest BCUT2D eigenvalue weighted by atomic mass is 16.5. The third-order valence-corrected chi connectivity index (χ3v) is 3.17. The number of pyridine rings is 1. The second kappa shape index (κ2) is 5.67. The number of rotatable bonds is 5. The first kappa shape index (κ1) is 12.6. The van der Waals surface area contributed by atoms with Crippen LogP contribution < -0.4 is 5.73 Å². The molecule has 1 unspecified atom stereocenters. The number of unbranched alkanes of at least 4 members (excludes halogenated alkanes) is 1. The smallest absolute Gasteiger partial charge is 0.230 e. The number of aromatic nitrogens is 2. The molecule has 0 aliphatic carbocycles. The first-order valence-electron chi connectivity index (χ1n) is 6.39. The molecule has 4 nitrogen and oxygen atoms in total. The number of nitrogens with zero attached hydrogens (tertiary/aromatic N) is 2. The molecule has 2 aromatic heterocycles. The Balaban J connectivity index is 2.33. The molecule has 0 saturated carbocycles. The van der Waals surface area contributed by atoms with Gasteiger partial charge in [0.25, 0.3) is 0 Å². The summed E-state index contributed by atoms with van der Waals surface area (Å²) in [7, 11) is 0. The molecule has 0 saturated heterocycles. The normalized spacial score (nSPS) is 12.6. The molecule has 0 aliphatic rings. The van der Waals surface area contributed by atoms with E-state index in [1.54, 1.807) is 12.4 Å². The van der Waals surface area contributed by atoms with Gasteiger partial charge in [-0.2, -0.15) is 0 Å². The molecule has 2 rings (SSSR count). The largest absolute Gasteiger partial charge is 0.367 e. The van der Waals surface area contributed by atoms with Crippen LogP contribution in [-0.4, -0.2) is 10.1 Å². The molecule has 0 amide bonds. The van der Waals surface area contributed by atoms with Crippen molar-refractivity contribution in [2.45, 2.75) is 39.0 Å². The van der Waals surface area contributed by atoms with Gasteiger partial charge in [0.2, 0.25) is 5.88 Å². The summed E-state index contributed by atoms with van der Waals surface area (Å²) in [5.41, 5.74) is 8.77. The van der Waals surface area contributed by atoms with Crippen molar-refractivity contribution in [2.75, 3.05) is 5.73 Å². The second-order valence-corrected chi connectivity index (χ2v) is 4.59. The highest BCUT2D eigenvalue weighted by molar-refractivity contribution is 5.75. The van der Waals surface area contributed by atoms with Crippen molar-refractivity contribution in [1.29, 1.82) is 0 Å². The van der Waals surface area contributed by atoms with E-state index >= 15 is 0 Å². The summed E-state index contributed by atoms with van der Waals surface area (Å²) in [5, 5.41) is 4.12. The fraction of sp³-hybridized carbons (Fsp3) is 0.429. The molecule has 0 spiro atoms. The predicted molar refractivity (Wildman–Crippen MR) is 72.1 cm³/mol. The predicted octanol–water partition coefficient (Wildman–Crippen LogP) is 3.61. The van der Waals surface area contributed by atoms with Gasteiger partial charge in [-0.05, 0) is 24.1 Å². The van der Waals surface area contributed by atoms with E-state index in [-0.39, 0.29) is 0 Å². The summed E-state index contributed by atoms with van der Waals surface area (Å²) in [5.74, 6) is 0.744. The molecule has 4 heteroatoms.